The molecule has 0 aliphatic rings. The smallest absolute Gasteiger partial charge is 0.0970 e. The first-order valence-electron chi connectivity index (χ1n) is 2.39. The van der Waals surface area contributed by atoms with Gasteiger partial charge in [-0.3, -0.25) is 0 Å². The molecule has 0 amide bonds. The molecule has 3 nitrogen and oxygen atoms in total. The molecule has 0 aliphatic carbocycles. The summed E-state index contributed by atoms with van der Waals surface area (Å²) >= 11 is 6.57. The molecule has 50 valence electrons. The third-order valence-corrected chi connectivity index (χ3v) is 2.02. The van der Waals surface area contributed by atoms with Crippen molar-refractivity contribution < 1.29 is 0 Å². The number of H-pyrrole nitrogens is 1. The minimum absolute atomic E-state index is 0.754. The second-order valence-corrected chi connectivity index (χ2v) is 2.61. The van der Waals surface area contributed by atoms with Crippen LogP contribution >= 0.6 is 31.9 Å². The number of aromatic nitrogens is 3. The minimum Gasteiger partial charge on any atom is -0.197 e. The second kappa shape index (κ2) is 3.31. The molecule has 1 aromatic heterocycles. The van der Waals surface area contributed by atoms with Crippen molar-refractivity contribution in [2.75, 3.05) is 0 Å². The highest BCUT2D eigenvalue weighted by atomic mass is 79.9. The van der Waals surface area contributed by atoms with Gasteiger partial charge < -0.3 is 0 Å². The molecular weight excluding hydrogens is 250 g/mol. The van der Waals surface area contributed by atoms with E-state index in [1.54, 1.807) is 0 Å². The molecule has 9 heavy (non-hydrogen) atoms. The van der Waals surface area contributed by atoms with E-state index in [0.717, 1.165) is 22.0 Å². The van der Waals surface area contributed by atoms with Gasteiger partial charge in [0.1, 0.15) is 0 Å². The van der Waals surface area contributed by atoms with E-state index in [-0.39, 0.29) is 0 Å². The van der Waals surface area contributed by atoms with Crippen molar-refractivity contribution >= 4 is 31.9 Å². The zero-order valence-electron chi connectivity index (χ0n) is 4.56. The van der Waals surface area contributed by atoms with Crippen LogP contribution in [-0.2, 0) is 10.7 Å². The van der Waals surface area contributed by atoms with Gasteiger partial charge in [-0.25, -0.2) is 0 Å². The monoisotopic (exact) mass is 253 g/mol. The summed E-state index contributed by atoms with van der Waals surface area (Å²) in [6, 6.07) is 0. The summed E-state index contributed by atoms with van der Waals surface area (Å²) in [5.74, 6) is 0. The minimum atomic E-state index is 0.754. The Morgan fingerprint density at radius 3 is 1.89 bits per heavy atom. The molecule has 1 rings (SSSR count). The van der Waals surface area contributed by atoms with E-state index in [0.29, 0.717) is 0 Å². The number of alkyl halides is 2. The molecule has 1 N–H and O–H groups in total. The number of aromatic amines is 1. The Morgan fingerprint density at radius 1 is 1.11 bits per heavy atom. The molecule has 1 aromatic rings. The third kappa shape index (κ3) is 1.52. The summed E-state index contributed by atoms with van der Waals surface area (Å²) in [6.07, 6.45) is 0. The van der Waals surface area contributed by atoms with Crippen LogP contribution in [0.3, 0.4) is 0 Å². The second-order valence-electron chi connectivity index (χ2n) is 1.48. The number of hydrogen-bond acceptors (Lipinski definition) is 2. The maximum atomic E-state index is 3.89. The predicted molar refractivity (Wildman–Crippen MR) is 41.6 cm³/mol. The molecular formula is C4H5Br2N3. The number of nitrogens with zero attached hydrogens (tertiary/aromatic N) is 2. The summed E-state index contributed by atoms with van der Waals surface area (Å²) in [5, 5.41) is 11.8. The van der Waals surface area contributed by atoms with Gasteiger partial charge in [-0.1, -0.05) is 31.9 Å². The molecule has 0 radical (unpaired) electrons. The Balaban J connectivity index is 2.85. The lowest BCUT2D eigenvalue weighted by Gasteiger charge is -1.86. The predicted octanol–water partition coefficient (Wildman–Crippen LogP) is 1.59. The Labute approximate surface area is 69.5 Å². The van der Waals surface area contributed by atoms with Gasteiger partial charge in [0.2, 0.25) is 0 Å². The number of nitrogens with one attached hydrogen (secondary N) is 1. The van der Waals surface area contributed by atoms with Gasteiger partial charge in [-0.15, -0.1) is 0 Å². The fourth-order valence-corrected chi connectivity index (χ4v) is 1.39. The van der Waals surface area contributed by atoms with Gasteiger partial charge in [0.15, 0.2) is 0 Å². The maximum absolute atomic E-state index is 3.89. The zero-order chi connectivity index (χ0) is 6.69. The van der Waals surface area contributed by atoms with Gasteiger partial charge in [0, 0.05) is 10.7 Å². The van der Waals surface area contributed by atoms with Crippen molar-refractivity contribution in [2.45, 2.75) is 10.7 Å². The van der Waals surface area contributed by atoms with Crippen LogP contribution in [0.4, 0.5) is 0 Å². The summed E-state index contributed by atoms with van der Waals surface area (Å²) in [4.78, 5) is 0. The number of rotatable bonds is 2. The van der Waals surface area contributed by atoms with Crippen molar-refractivity contribution in [3.63, 3.8) is 0 Å². The summed E-state index contributed by atoms with van der Waals surface area (Å²) in [7, 11) is 0. The average molecular weight is 255 g/mol. The lowest BCUT2D eigenvalue weighted by atomic mass is 10.4. The van der Waals surface area contributed by atoms with E-state index in [4.69, 9.17) is 0 Å². The molecule has 0 unspecified atom stereocenters. The highest BCUT2D eigenvalue weighted by Gasteiger charge is 2.02. The quantitative estimate of drug-likeness (QED) is 0.815. The van der Waals surface area contributed by atoms with E-state index >= 15 is 0 Å². The van der Waals surface area contributed by atoms with Gasteiger partial charge in [-0.05, 0) is 0 Å². The molecule has 5 heteroatoms. The summed E-state index contributed by atoms with van der Waals surface area (Å²) in [6.45, 7) is 0. The molecule has 0 saturated carbocycles. The molecule has 1 heterocycles. The van der Waals surface area contributed by atoms with Crippen LogP contribution < -0.4 is 0 Å². The lowest BCUT2D eigenvalue weighted by molar-refractivity contribution is 0.919. The molecule has 0 aromatic carbocycles. The van der Waals surface area contributed by atoms with Crippen LogP contribution in [-0.4, -0.2) is 15.4 Å². The summed E-state index contributed by atoms with van der Waals surface area (Å²) in [5.41, 5.74) is 1.93. The Morgan fingerprint density at radius 2 is 1.56 bits per heavy atom. The Bertz CT molecular complexity index is 167. The van der Waals surface area contributed by atoms with E-state index in [1.807, 2.05) is 0 Å². The molecule has 0 bridgehead atoms. The van der Waals surface area contributed by atoms with Gasteiger partial charge in [-0.2, -0.15) is 15.4 Å². The SMILES string of the molecule is BrCc1n[nH]nc1CBr. The highest BCUT2D eigenvalue weighted by Crippen LogP contribution is 2.08. The molecule has 0 fully saturated rings. The van der Waals surface area contributed by atoms with Crippen molar-refractivity contribution in [3.8, 4) is 0 Å². The Kier molecular flexibility index (Phi) is 2.65. The Hall–Kier alpha value is 0.1000. The molecule has 0 atom stereocenters. The van der Waals surface area contributed by atoms with Crippen molar-refractivity contribution in [1.82, 2.24) is 15.4 Å². The largest absolute Gasteiger partial charge is 0.197 e. The first kappa shape index (κ1) is 7.21. The fraction of sp³-hybridized carbons (Fsp3) is 0.500. The maximum Gasteiger partial charge on any atom is 0.0970 e. The zero-order valence-corrected chi connectivity index (χ0v) is 7.74. The standard InChI is InChI=1S/C4H5Br2N3/c5-1-3-4(2-6)8-9-7-3/h1-2H2,(H,7,8,9). The normalized spacial score (nSPS) is 10.0. The van der Waals surface area contributed by atoms with Crippen LogP contribution in [0.15, 0.2) is 0 Å². The van der Waals surface area contributed by atoms with Crippen LogP contribution in [0, 0.1) is 0 Å². The van der Waals surface area contributed by atoms with E-state index in [2.05, 4.69) is 47.3 Å². The van der Waals surface area contributed by atoms with E-state index in [9.17, 15) is 0 Å². The average Bonchev–Trinajstić information content (AvgIpc) is 2.33. The molecule has 0 spiro atoms. The van der Waals surface area contributed by atoms with Gasteiger partial charge in [0.25, 0.3) is 0 Å². The van der Waals surface area contributed by atoms with Crippen LogP contribution in [0.2, 0.25) is 0 Å². The fourth-order valence-electron chi connectivity index (χ4n) is 0.489. The van der Waals surface area contributed by atoms with Crippen molar-refractivity contribution in [1.29, 1.82) is 0 Å². The highest BCUT2D eigenvalue weighted by molar-refractivity contribution is 9.09. The lowest BCUT2D eigenvalue weighted by Crippen LogP contribution is -1.83. The van der Waals surface area contributed by atoms with Crippen LogP contribution in [0.5, 0.6) is 0 Å². The van der Waals surface area contributed by atoms with E-state index in [1.165, 1.54) is 0 Å². The topological polar surface area (TPSA) is 41.6 Å². The van der Waals surface area contributed by atoms with Crippen molar-refractivity contribution in [2.24, 2.45) is 0 Å². The van der Waals surface area contributed by atoms with Crippen LogP contribution in [0.25, 0.3) is 0 Å². The van der Waals surface area contributed by atoms with Crippen molar-refractivity contribution in [3.05, 3.63) is 11.4 Å². The first-order chi connectivity index (χ1) is 4.38. The van der Waals surface area contributed by atoms with Gasteiger partial charge in [0.05, 0.1) is 11.4 Å². The first-order valence-corrected chi connectivity index (χ1v) is 4.63. The molecule has 0 saturated heterocycles. The third-order valence-electron chi connectivity index (χ3n) is 0.956. The molecule has 0 aliphatic heterocycles. The van der Waals surface area contributed by atoms with Gasteiger partial charge >= 0.3 is 0 Å². The summed E-state index contributed by atoms with van der Waals surface area (Å²) < 4.78 is 0. The van der Waals surface area contributed by atoms with Crippen LogP contribution in [0.1, 0.15) is 11.4 Å². The number of halogens is 2. The number of hydrogen-bond donors (Lipinski definition) is 1. The van der Waals surface area contributed by atoms with E-state index < -0.39 is 0 Å².